The van der Waals surface area contributed by atoms with Gasteiger partial charge in [-0.05, 0) is 87.0 Å². The first-order chi connectivity index (χ1) is 14.9. The zero-order chi connectivity index (χ0) is 21.6. The van der Waals surface area contributed by atoms with Crippen molar-refractivity contribution in [3.05, 3.63) is 54.0 Å². The number of rotatable bonds is 7. The summed E-state index contributed by atoms with van der Waals surface area (Å²) in [5.74, 6) is 3.04. The predicted octanol–water partition coefficient (Wildman–Crippen LogP) is 3.72. The molecule has 4 fully saturated rings. The Bertz CT molecular complexity index is 1000. The Balaban J connectivity index is 1.33. The van der Waals surface area contributed by atoms with Crippen LogP contribution in [0.1, 0.15) is 43.4 Å². The standard InChI is InChI=1S/C24H30N2O4S/c1-16-4-6-22(7-5-16)31(28,29)26(14-21-3-2-8-30-21)15-23(27)25-24-19-10-17-9-18(12-19)13-20(24)11-17/h2-8,17-20,24H,9-15H2,1H3,(H,25,27). The Hall–Kier alpha value is -2.12. The van der Waals surface area contributed by atoms with Gasteiger partial charge < -0.3 is 9.73 Å². The molecular formula is C24H30N2O4S. The molecule has 0 spiro atoms. The quantitative estimate of drug-likeness (QED) is 0.709. The average Bonchev–Trinajstić information content (AvgIpc) is 3.23. The van der Waals surface area contributed by atoms with Gasteiger partial charge in [0.1, 0.15) is 5.76 Å². The number of sulfonamides is 1. The summed E-state index contributed by atoms with van der Waals surface area (Å²) >= 11 is 0. The van der Waals surface area contributed by atoms with Crippen LogP contribution in [0.5, 0.6) is 0 Å². The van der Waals surface area contributed by atoms with Crippen LogP contribution in [0.25, 0.3) is 0 Å². The third-order valence-electron chi connectivity index (χ3n) is 7.45. The molecule has 0 radical (unpaired) electrons. The van der Waals surface area contributed by atoms with Crippen molar-refractivity contribution in [2.75, 3.05) is 6.54 Å². The highest BCUT2D eigenvalue weighted by molar-refractivity contribution is 7.89. The van der Waals surface area contributed by atoms with Crippen molar-refractivity contribution in [2.24, 2.45) is 23.7 Å². The van der Waals surface area contributed by atoms with Gasteiger partial charge in [0.05, 0.1) is 24.2 Å². The minimum absolute atomic E-state index is 0.0261. The Morgan fingerprint density at radius 2 is 1.68 bits per heavy atom. The molecular weight excluding hydrogens is 412 g/mol. The normalized spacial score (nSPS) is 29.4. The van der Waals surface area contributed by atoms with Crippen LogP contribution in [0.2, 0.25) is 0 Å². The summed E-state index contributed by atoms with van der Waals surface area (Å²) in [7, 11) is -3.84. The van der Waals surface area contributed by atoms with Crippen LogP contribution in [0.15, 0.2) is 52.0 Å². The maximum absolute atomic E-state index is 13.3. The fourth-order valence-corrected chi connectivity index (χ4v) is 7.58. The van der Waals surface area contributed by atoms with Crippen molar-refractivity contribution < 1.29 is 17.6 Å². The Kier molecular flexibility index (Phi) is 5.42. The van der Waals surface area contributed by atoms with Crippen molar-refractivity contribution in [1.29, 1.82) is 0 Å². The van der Waals surface area contributed by atoms with Crippen molar-refractivity contribution >= 4 is 15.9 Å². The van der Waals surface area contributed by atoms with Crippen molar-refractivity contribution in [3.63, 3.8) is 0 Å². The molecule has 0 aliphatic heterocycles. The van der Waals surface area contributed by atoms with E-state index < -0.39 is 10.0 Å². The first kappa shape index (κ1) is 20.8. The van der Waals surface area contributed by atoms with Gasteiger partial charge in [-0.15, -0.1) is 0 Å². The lowest BCUT2D eigenvalue weighted by Crippen LogP contribution is -2.57. The molecule has 4 bridgehead atoms. The zero-order valence-electron chi connectivity index (χ0n) is 17.9. The molecule has 6 nitrogen and oxygen atoms in total. The van der Waals surface area contributed by atoms with Crippen LogP contribution in [0.3, 0.4) is 0 Å². The molecule has 6 rings (SSSR count). The summed E-state index contributed by atoms with van der Waals surface area (Å²) in [6, 6.07) is 10.4. The summed E-state index contributed by atoms with van der Waals surface area (Å²) < 4.78 is 33.3. The highest BCUT2D eigenvalue weighted by Crippen LogP contribution is 2.53. The number of benzene rings is 1. The fraction of sp³-hybridized carbons (Fsp3) is 0.542. The molecule has 1 aromatic heterocycles. The van der Waals surface area contributed by atoms with E-state index in [4.69, 9.17) is 4.42 Å². The largest absolute Gasteiger partial charge is 0.468 e. The molecule has 1 aromatic carbocycles. The van der Waals surface area contributed by atoms with Crippen LogP contribution >= 0.6 is 0 Å². The molecule has 7 heteroatoms. The van der Waals surface area contributed by atoms with E-state index in [0.29, 0.717) is 17.6 Å². The smallest absolute Gasteiger partial charge is 0.243 e. The number of hydrogen-bond acceptors (Lipinski definition) is 4. The van der Waals surface area contributed by atoms with E-state index in [2.05, 4.69) is 5.32 Å². The zero-order valence-corrected chi connectivity index (χ0v) is 18.7. The molecule has 2 aromatic rings. The van der Waals surface area contributed by atoms with Crippen molar-refractivity contribution in [2.45, 2.75) is 56.5 Å². The molecule has 4 aliphatic carbocycles. The first-order valence-corrected chi connectivity index (χ1v) is 12.7. The lowest BCUT2D eigenvalue weighted by Gasteiger charge is -2.54. The topological polar surface area (TPSA) is 79.6 Å². The second kappa shape index (κ2) is 8.10. The lowest BCUT2D eigenvalue weighted by atomic mass is 9.54. The predicted molar refractivity (Wildman–Crippen MR) is 116 cm³/mol. The molecule has 166 valence electrons. The van der Waals surface area contributed by atoms with E-state index in [-0.39, 0.29) is 29.9 Å². The van der Waals surface area contributed by atoms with Crippen LogP contribution in [-0.4, -0.2) is 31.2 Å². The highest BCUT2D eigenvalue weighted by Gasteiger charge is 2.48. The SMILES string of the molecule is Cc1ccc(S(=O)(=O)N(CC(=O)NC2C3CC4CC(C3)CC2C4)Cc2ccco2)cc1. The van der Waals surface area contributed by atoms with Crippen molar-refractivity contribution in [3.8, 4) is 0 Å². The summed E-state index contributed by atoms with van der Waals surface area (Å²) in [5.41, 5.74) is 0.983. The van der Waals surface area contributed by atoms with Crippen molar-refractivity contribution in [1.82, 2.24) is 9.62 Å². The fourth-order valence-electron chi connectivity index (χ4n) is 6.21. The van der Waals surface area contributed by atoms with Gasteiger partial charge in [-0.1, -0.05) is 17.7 Å². The number of aryl methyl sites for hydroxylation is 1. The highest BCUT2D eigenvalue weighted by atomic mass is 32.2. The number of furan rings is 1. The maximum atomic E-state index is 13.3. The number of hydrogen-bond donors (Lipinski definition) is 1. The number of nitrogens with zero attached hydrogens (tertiary/aromatic N) is 1. The van der Waals surface area contributed by atoms with E-state index in [1.54, 1.807) is 36.4 Å². The van der Waals surface area contributed by atoms with Gasteiger partial charge in [-0.25, -0.2) is 8.42 Å². The second-order valence-electron chi connectivity index (χ2n) is 9.69. The monoisotopic (exact) mass is 442 g/mol. The van der Waals surface area contributed by atoms with Gasteiger partial charge in [0.15, 0.2) is 0 Å². The summed E-state index contributed by atoms with van der Waals surface area (Å²) in [6.07, 6.45) is 7.69. The second-order valence-corrected chi connectivity index (χ2v) is 11.6. The van der Waals surface area contributed by atoms with E-state index >= 15 is 0 Å². The van der Waals surface area contributed by atoms with E-state index in [1.807, 2.05) is 6.92 Å². The molecule has 4 aliphatic rings. The molecule has 0 atom stereocenters. The average molecular weight is 443 g/mol. The third-order valence-corrected chi connectivity index (χ3v) is 9.25. The molecule has 1 N–H and O–H groups in total. The Morgan fingerprint density at radius 3 is 2.26 bits per heavy atom. The molecule has 1 amide bonds. The molecule has 0 saturated heterocycles. The van der Waals surface area contributed by atoms with Gasteiger partial charge in [-0.3, -0.25) is 4.79 Å². The summed E-state index contributed by atoms with van der Waals surface area (Å²) in [6.45, 7) is 1.73. The van der Waals surface area contributed by atoms with Crippen LogP contribution in [0, 0.1) is 30.6 Å². The lowest BCUT2D eigenvalue weighted by molar-refractivity contribution is -0.125. The molecule has 4 saturated carbocycles. The Labute approximate surface area is 184 Å². The van der Waals surface area contributed by atoms with Crippen LogP contribution in [-0.2, 0) is 21.4 Å². The minimum Gasteiger partial charge on any atom is -0.468 e. The van der Waals surface area contributed by atoms with Gasteiger partial charge in [0.25, 0.3) is 0 Å². The van der Waals surface area contributed by atoms with E-state index in [1.165, 1.54) is 42.7 Å². The number of carbonyl (C=O) groups is 1. The van der Waals surface area contributed by atoms with Crippen LogP contribution in [0.4, 0.5) is 0 Å². The maximum Gasteiger partial charge on any atom is 0.243 e. The van der Waals surface area contributed by atoms with E-state index in [9.17, 15) is 13.2 Å². The molecule has 31 heavy (non-hydrogen) atoms. The van der Waals surface area contributed by atoms with E-state index in [0.717, 1.165) is 17.4 Å². The van der Waals surface area contributed by atoms with Gasteiger partial charge in [-0.2, -0.15) is 4.31 Å². The first-order valence-electron chi connectivity index (χ1n) is 11.3. The summed E-state index contributed by atoms with van der Waals surface area (Å²) in [5, 5.41) is 3.23. The number of carbonyl (C=O) groups excluding carboxylic acids is 1. The van der Waals surface area contributed by atoms with Gasteiger partial charge in [0, 0.05) is 6.04 Å². The summed E-state index contributed by atoms with van der Waals surface area (Å²) in [4.78, 5) is 13.2. The molecule has 0 unspecified atom stereocenters. The number of nitrogens with one attached hydrogen (secondary N) is 1. The molecule has 1 heterocycles. The van der Waals surface area contributed by atoms with Crippen LogP contribution < -0.4 is 5.32 Å². The Morgan fingerprint density at radius 1 is 1.03 bits per heavy atom. The van der Waals surface area contributed by atoms with Gasteiger partial charge in [0.2, 0.25) is 15.9 Å². The number of amides is 1. The third kappa shape index (κ3) is 4.17. The van der Waals surface area contributed by atoms with Gasteiger partial charge >= 0.3 is 0 Å². The minimum atomic E-state index is -3.84.